The lowest BCUT2D eigenvalue weighted by atomic mass is 9.61. The summed E-state index contributed by atoms with van der Waals surface area (Å²) in [5.41, 5.74) is 1.26. The van der Waals surface area contributed by atoms with Gasteiger partial charge in [0.25, 0.3) is 0 Å². The highest BCUT2D eigenvalue weighted by atomic mass is 19.1. The van der Waals surface area contributed by atoms with Crippen LogP contribution in [0, 0.1) is 11.2 Å². The van der Waals surface area contributed by atoms with Crippen molar-refractivity contribution in [3.63, 3.8) is 0 Å². The van der Waals surface area contributed by atoms with E-state index in [2.05, 4.69) is 10.2 Å². The van der Waals surface area contributed by atoms with Crippen LogP contribution in [0.5, 0.6) is 0 Å². The summed E-state index contributed by atoms with van der Waals surface area (Å²) in [6.07, 6.45) is 6.41. The molecule has 0 saturated carbocycles. The molecule has 3 heterocycles. The van der Waals surface area contributed by atoms with Crippen LogP contribution in [-0.4, -0.2) is 37.1 Å². The van der Waals surface area contributed by atoms with Crippen LogP contribution in [0.1, 0.15) is 43.6 Å². The molecule has 0 aliphatic carbocycles. The molecule has 114 valence electrons. The molecule has 3 aliphatic heterocycles. The zero-order chi connectivity index (χ0) is 14.3. The Hall–Kier alpha value is -0.930. The zero-order valence-electron chi connectivity index (χ0n) is 12.7. The van der Waals surface area contributed by atoms with E-state index < -0.39 is 0 Å². The van der Waals surface area contributed by atoms with Crippen molar-refractivity contribution in [1.29, 1.82) is 0 Å². The summed E-state index contributed by atoms with van der Waals surface area (Å²) in [4.78, 5) is 2.67. The van der Waals surface area contributed by atoms with Crippen LogP contribution in [0.3, 0.4) is 0 Å². The lowest BCUT2D eigenvalue weighted by Gasteiger charge is -2.51. The molecule has 3 unspecified atom stereocenters. The van der Waals surface area contributed by atoms with Crippen molar-refractivity contribution >= 4 is 0 Å². The summed E-state index contributed by atoms with van der Waals surface area (Å²) in [5.74, 6) is 0.328. The average molecular weight is 288 g/mol. The first-order valence-corrected chi connectivity index (χ1v) is 8.48. The smallest absolute Gasteiger partial charge is 0.126 e. The Morgan fingerprint density at radius 1 is 1.19 bits per heavy atom. The first-order valence-electron chi connectivity index (χ1n) is 8.48. The van der Waals surface area contributed by atoms with E-state index in [1.165, 1.54) is 45.2 Å². The number of benzene rings is 1. The van der Waals surface area contributed by atoms with Crippen LogP contribution in [0.15, 0.2) is 24.3 Å². The van der Waals surface area contributed by atoms with Crippen molar-refractivity contribution in [3.8, 4) is 0 Å². The summed E-state index contributed by atoms with van der Waals surface area (Å²) in [5, 5.41) is 3.51. The molecule has 2 nitrogen and oxygen atoms in total. The van der Waals surface area contributed by atoms with Gasteiger partial charge in [0.15, 0.2) is 0 Å². The second-order valence-electron chi connectivity index (χ2n) is 7.18. The number of halogens is 1. The Bertz CT molecular complexity index is 518. The van der Waals surface area contributed by atoms with E-state index in [1.54, 1.807) is 12.1 Å². The number of hydrogen-bond acceptors (Lipinski definition) is 2. The highest BCUT2D eigenvalue weighted by Crippen LogP contribution is 2.51. The van der Waals surface area contributed by atoms with Gasteiger partial charge in [-0.1, -0.05) is 18.2 Å². The SMILES string of the molecule is Fc1ccccc1C1CNCCC12CCN1CCCC1C2. The fourth-order valence-electron chi connectivity index (χ4n) is 5.07. The molecule has 0 aromatic heterocycles. The minimum absolute atomic E-state index is 0.0144. The van der Waals surface area contributed by atoms with E-state index in [1.807, 2.05) is 12.1 Å². The molecule has 21 heavy (non-hydrogen) atoms. The van der Waals surface area contributed by atoms with Crippen LogP contribution < -0.4 is 5.32 Å². The number of hydrogen-bond donors (Lipinski definition) is 1. The van der Waals surface area contributed by atoms with Gasteiger partial charge in [-0.15, -0.1) is 0 Å². The van der Waals surface area contributed by atoms with Gasteiger partial charge >= 0.3 is 0 Å². The number of rotatable bonds is 1. The predicted octanol–water partition coefficient (Wildman–Crippen LogP) is 3.15. The van der Waals surface area contributed by atoms with E-state index >= 15 is 0 Å². The van der Waals surface area contributed by atoms with Crippen molar-refractivity contribution in [2.75, 3.05) is 26.2 Å². The molecule has 1 aromatic carbocycles. The molecule has 3 fully saturated rings. The Balaban J connectivity index is 1.66. The van der Waals surface area contributed by atoms with Crippen LogP contribution in [0.25, 0.3) is 0 Å². The average Bonchev–Trinajstić information content (AvgIpc) is 2.96. The number of nitrogens with one attached hydrogen (secondary N) is 1. The maximum absolute atomic E-state index is 14.3. The third-order valence-electron chi connectivity index (χ3n) is 6.21. The van der Waals surface area contributed by atoms with Gasteiger partial charge in [-0.25, -0.2) is 4.39 Å². The van der Waals surface area contributed by atoms with Crippen molar-refractivity contribution in [2.24, 2.45) is 5.41 Å². The molecule has 1 N–H and O–H groups in total. The van der Waals surface area contributed by atoms with Crippen molar-refractivity contribution < 1.29 is 4.39 Å². The second-order valence-corrected chi connectivity index (χ2v) is 7.18. The van der Waals surface area contributed by atoms with Gasteiger partial charge in [-0.3, -0.25) is 0 Å². The normalized spacial score (nSPS) is 36.8. The first kappa shape index (κ1) is 13.7. The molecule has 1 spiro atoms. The fourth-order valence-corrected chi connectivity index (χ4v) is 5.07. The third kappa shape index (κ3) is 2.31. The van der Waals surface area contributed by atoms with Gasteiger partial charge in [-0.2, -0.15) is 0 Å². The molecule has 0 amide bonds. The minimum atomic E-state index is -0.0144. The minimum Gasteiger partial charge on any atom is -0.316 e. The van der Waals surface area contributed by atoms with Crippen molar-refractivity contribution in [3.05, 3.63) is 35.6 Å². The highest BCUT2D eigenvalue weighted by molar-refractivity contribution is 5.26. The fraction of sp³-hybridized carbons (Fsp3) is 0.667. The summed E-state index contributed by atoms with van der Waals surface area (Å²) in [7, 11) is 0. The topological polar surface area (TPSA) is 15.3 Å². The van der Waals surface area contributed by atoms with Crippen LogP contribution >= 0.6 is 0 Å². The summed E-state index contributed by atoms with van der Waals surface area (Å²) < 4.78 is 14.3. The Kier molecular flexibility index (Phi) is 3.50. The number of piperidine rings is 2. The number of fused-ring (bicyclic) bond motifs is 1. The van der Waals surface area contributed by atoms with E-state index in [-0.39, 0.29) is 5.82 Å². The molecule has 3 heteroatoms. The van der Waals surface area contributed by atoms with Gasteiger partial charge in [0.1, 0.15) is 5.82 Å². The molecule has 0 bridgehead atoms. The number of nitrogens with zero attached hydrogens (tertiary/aromatic N) is 1. The quantitative estimate of drug-likeness (QED) is 0.854. The molecule has 3 aliphatic rings. The highest BCUT2D eigenvalue weighted by Gasteiger charge is 2.48. The van der Waals surface area contributed by atoms with E-state index in [4.69, 9.17) is 0 Å². The molecule has 4 rings (SSSR count). The molecule has 3 saturated heterocycles. The summed E-state index contributed by atoms with van der Waals surface area (Å²) in [6, 6.07) is 8.19. The van der Waals surface area contributed by atoms with Crippen LogP contribution in [-0.2, 0) is 0 Å². The lowest BCUT2D eigenvalue weighted by molar-refractivity contribution is 0.0309. The van der Waals surface area contributed by atoms with E-state index in [0.717, 1.165) is 24.7 Å². The third-order valence-corrected chi connectivity index (χ3v) is 6.21. The Morgan fingerprint density at radius 2 is 2.10 bits per heavy atom. The molecular formula is C18H25FN2. The maximum atomic E-state index is 14.3. The molecule has 1 aromatic rings. The summed E-state index contributed by atoms with van der Waals surface area (Å²) >= 11 is 0. The van der Waals surface area contributed by atoms with E-state index in [9.17, 15) is 4.39 Å². The Labute approximate surface area is 126 Å². The van der Waals surface area contributed by atoms with Crippen molar-refractivity contribution in [1.82, 2.24) is 10.2 Å². The maximum Gasteiger partial charge on any atom is 0.126 e. The standard InChI is InChI=1S/C18H25FN2/c19-17-6-2-1-5-15(17)16-13-20-9-7-18(16)8-11-21-10-3-4-14(21)12-18/h1-2,5-6,14,16,20H,3-4,7-13H2. The van der Waals surface area contributed by atoms with Gasteiger partial charge in [0.05, 0.1) is 0 Å². The van der Waals surface area contributed by atoms with Gasteiger partial charge in [0, 0.05) is 18.5 Å². The van der Waals surface area contributed by atoms with Gasteiger partial charge in [-0.05, 0) is 68.8 Å². The molecule has 0 radical (unpaired) electrons. The largest absolute Gasteiger partial charge is 0.316 e. The monoisotopic (exact) mass is 288 g/mol. The molecule has 3 atom stereocenters. The van der Waals surface area contributed by atoms with E-state index in [0.29, 0.717) is 11.3 Å². The van der Waals surface area contributed by atoms with Gasteiger partial charge < -0.3 is 10.2 Å². The van der Waals surface area contributed by atoms with Gasteiger partial charge in [0.2, 0.25) is 0 Å². The predicted molar refractivity (Wildman–Crippen MR) is 82.9 cm³/mol. The molecular weight excluding hydrogens is 263 g/mol. The van der Waals surface area contributed by atoms with Crippen LogP contribution in [0.2, 0.25) is 0 Å². The van der Waals surface area contributed by atoms with Crippen molar-refractivity contribution in [2.45, 2.75) is 44.1 Å². The summed E-state index contributed by atoms with van der Waals surface area (Å²) in [6.45, 7) is 4.53. The first-order chi connectivity index (χ1) is 10.3. The lowest BCUT2D eigenvalue weighted by Crippen LogP contribution is -2.52. The zero-order valence-corrected chi connectivity index (χ0v) is 12.7. The second kappa shape index (κ2) is 5.36. The van der Waals surface area contributed by atoms with Crippen LogP contribution in [0.4, 0.5) is 4.39 Å². The Morgan fingerprint density at radius 3 is 3.00 bits per heavy atom.